The second kappa shape index (κ2) is 8.23. The van der Waals surface area contributed by atoms with Crippen LogP contribution in [-0.2, 0) is 4.79 Å². The lowest BCUT2D eigenvalue weighted by atomic mass is 10.0. The quantitative estimate of drug-likeness (QED) is 0.655. The van der Waals surface area contributed by atoms with Crippen molar-refractivity contribution < 1.29 is 9.21 Å². The third kappa shape index (κ3) is 4.47. The van der Waals surface area contributed by atoms with Crippen molar-refractivity contribution in [1.29, 1.82) is 0 Å². The number of aryl methyl sites for hydroxylation is 3. The number of amides is 1. The Balaban J connectivity index is 1.78. The molecule has 27 heavy (non-hydrogen) atoms. The lowest BCUT2D eigenvalue weighted by Crippen LogP contribution is -2.40. The highest BCUT2D eigenvalue weighted by atomic mass is 16.3. The van der Waals surface area contributed by atoms with Crippen molar-refractivity contribution in [3.8, 4) is 0 Å². The SMILES string of the molecule is Cc1cc(C)c(NC(=O)[C@@H](C)N[C@@H](c2ccccc2)c2ccco2)c(C)c1. The van der Waals surface area contributed by atoms with E-state index < -0.39 is 6.04 Å². The predicted molar refractivity (Wildman–Crippen MR) is 109 cm³/mol. The molecule has 4 nitrogen and oxygen atoms in total. The van der Waals surface area contributed by atoms with Crippen molar-refractivity contribution in [1.82, 2.24) is 5.32 Å². The first-order valence-electron chi connectivity index (χ1n) is 9.19. The fraction of sp³-hybridized carbons (Fsp3) is 0.261. The average molecular weight is 362 g/mol. The first-order chi connectivity index (χ1) is 13.0. The molecule has 0 unspecified atom stereocenters. The summed E-state index contributed by atoms with van der Waals surface area (Å²) in [6, 6.07) is 17.3. The molecule has 2 atom stereocenters. The molecule has 140 valence electrons. The summed E-state index contributed by atoms with van der Waals surface area (Å²) in [5.41, 5.74) is 5.26. The molecule has 1 amide bonds. The molecule has 1 heterocycles. The normalized spacial score (nSPS) is 13.2. The minimum Gasteiger partial charge on any atom is -0.467 e. The molecule has 3 rings (SSSR count). The van der Waals surface area contributed by atoms with Gasteiger partial charge in [0.25, 0.3) is 0 Å². The van der Waals surface area contributed by atoms with E-state index in [0.29, 0.717) is 0 Å². The first kappa shape index (κ1) is 18.9. The Labute approximate surface area is 160 Å². The number of nitrogens with one attached hydrogen (secondary N) is 2. The van der Waals surface area contributed by atoms with Crippen LogP contribution in [0.1, 0.15) is 41.0 Å². The molecule has 1 aromatic heterocycles. The van der Waals surface area contributed by atoms with Crippen molar-refractivity contribution in [2.45, 2.75) is 39.8 Å². The number of hydrogen-bond donors (Lipinski definition) is 2. The van der Waals surface area contributed by atoms with Crippen molar-refractivity contribution in [2.24, 2.45) is 0 Å². The van der Waals surface area contributed by atoms with E-state index >= 15 is 0 Å². The number of carbonyl (C=O) groups is 1. The number of anilines is 1. The van der Waals surface area contributed by atoms with E-state index in [4.69, 9.17) is 4.42 Å². The summed E-state index contributed by atoms with van der Waals surface area (Å²) in [5.74, 6) is 0.709. The van der Waals surface area contributed by atoms with Crippen LogP contribution < -0.4 is 10.6 Å². The van der Waals surface area contributed by atoms with E-state index in [1.807, 2.05) is 63.2 Å². The number of furan rings is 1. The summed E-state index contributed by atoms with van der Waals surface area (Å²) < 4.78 is 5.61. The van der Waals surface area contributed by atoms with Crippen LogP contribution >= 0.6 is 0 Å². The molecule has 0 aliphatic heterocycles. The Morgan fingerprint density at radius 2 is 1.63 bits per heavy atom. The standard InChI is InChI=1S/C23H26N2O2/c1-15-13-16(2)21(17(3)14-15)25-23(26)18(4)24-22(20-11-8-12-27-20)19-9-6-5-7-10-19/h5-14,18,22,24H,1-4H3,(H,25,26)/t18-,22+/m1/s1. The van der Waals surface area contributed by atoms with E-state index in [-0.39, 0.29) is 11.9 Å². The van der Waals surface area contributed by atoms with Gasteiger partial charge in [-0.05, 0) is 56.5 Å². The number of hydrogen-bond acceptors (Lipinski definition) is 3. The predicted octanol–water partition coefficient (Wildman–Crippen LogP) is 4.91. The Hall–Kier alpha value is -2.85. The third-order valence-electron chi connectivity index (χ3n) is 4.70. The van der Waals surface area contributed by atoms with Crippen LogP contribution in [0.4, 0.5) is 5.69 Å². The summed E-state index contributed by atoms with van der Waals surface area (Å²) in [4.78, 5) is 12.8. The van der Waals surface area contributed by atoms with Crippen LogP contribution in [0.3, 0.4) is 0 Å². The van der Waals surface area contributed by atoms with Gasteiger partial charge in [0.15, 0.2) is 0 Å². The molecule has 0 radical (unpaired) electrons. The zero-order chi connectivity index (χ0) is 19.4. The molecule has 0 spiro atoms. The largest absolute Gasteiger partial charge is 0.467 e. The molecule has 4 heteroatoms. The van der Waals surface area contributed by atoms with Crippen LogP contribution in [0.15, 0.2) is 65.3 Å². The van der Waals surface area contributed by atoms with Gasteiger partial charge >= 0.3 is 0 Å². The minimum atomic E-state index is -0.402. The van der Waals surface area contributed by atoms with Gasteiger partial charge in [0.1, 0.15) is 5.76 Å². The third-order valence-corrected chi connectivity index (χ3v) is 4.70. The molecular formula is C23H26N2O2. The van der Waals surface area contributed by atoms with Crippen LogP contribution in [0.25, 0.3) is 0 Å². The van der Waals surface area contributed by atoms with Crippen molar-refractivity contribution >= 4 is 11.6 Å². The first-order valence-corrected chi connectivity index (χ1v) is 9.19. The Kier molecular flexibility index (Phi) is 5.77. The van der Waals surface area contributed by atoms with Crippen LogP contribution in [0, 0.1) is 20.8 Å². The zero-order valence-electron chi connectivity index (χ0n) is 16.2. The van der Waals surface area contributed by atoms with Crippen molar-refractivity contribution in [3.05, 3.63) is 88.9 Å². The Morgan fingerprint density at radius 1 is 0.963 bits per heavy atom. The summed E-state index contributed by atoms with van der Waals surface area (Å²) in [6.07, 6.45) is 1.65. The minimum absolute atomic E-state index is 0.0717. The maximum Gasteiger partial charge on any atom is 0.241 e. The highest BCUT2D eigenvalue weighted by Crippen LogP contribution is 2.24. The average Bonchev–Trinajstić information content (AvgIpc) is 3.17. The van der Waals surface area contributed by atoms with Gasteiger partial charge in [-0.2, -0.15) is 0 Å². The molecule has 0 saturated carbocycles. The topological polar surface area (TPSA) is 54.3 Å². The van der Waals surface area contributed by atoms with Crippen LogP contribution in [-0.4, -0.2) is 11.9 Å². The number of benzene rings is 2. The lowest BCUT2D eigenvalue weighted by molar-refractivity contribution is -0.117. The monoisotopic (exact) mass is 362 g/mol. The number of carbonyl (C=O) groups excluding carboxylic acids is 1. The molecule has 2 N–H and O–H groups in total. The smallest absolute Gasteiger partial charge is 0.241 e. The van der Waals surface area contributed by atoms with Crippen LogP contribution in [0.5, 0.6) is 0 Å². The van der Waals surface area contributed by atoms with Gasteiger partial charge in [-0.25, -0.2) is 0 Å². The van der Waals surface area contributed by atoms with Gasteiger partial charge in [0, 0.05) is 5.69 Å². The fourth-order valence-electron chi connectivity index (χ4n) is 3.38. The van der Waals surface area contributed by atoms with Gasteiger partial charge in [0.2, 0.25) is 5.91 Å². The Morgan fingerprint density at radius 3 is 2.22 bits per heavy atom. The zero-order valence-corrected chi connectivity index (χ0v) is 16.2. The van der Waals surface area contributed by atoms with Gasteiger partial charge < -0.3 is 9.73 Å². The molecule has 0 bridgehead atoms. The van der Waals surface area contributed by atoms with Crippen molar-refractivity contribution in [3.63, 3.8) is 0 Å². The second-order valence-electron chi connectivity index (χ2n) is 7.01. The highest BCUT2D eigenvalue weighted by Gasteiger charge is 2.23. The molecule has 3 aromatic rings. The number of rotatable bonds is 6. The summed E-state index contributed by atoms with van der Waals surface area (Å²) in [7, 11) is 0. The van der Waals surface area contributed by atoms with Gasteiger partial charge in [-0.3, -0.25) is 10.1 Å². The molecule has 0 saturated heterocycles. The van der Waals surface area contributed by atoms with Gasteiger partial charge in [-0.15, -0.1) is 0 Å². The molecule has 0 aliphatic carbocycles. The summed E-state index contributed by atoms with van der Waals surface area (Å²) >= 11 is 0. The van der Waals surface area contributed by atoms with Gasteiger partial charge in [-0.1, -0.05) is 48.0 Å². The van der Waals surface area contributed by atoms with Crippen LogP contribution in [0.2, 0.25) is 0 Å². The van der Waals surface area contributed by atoms with Crippen molar-refractivity contribution in [2.75, 3.05) is 5.32 Å². The maximum absolute atomic E-state index is 12.8. The van der Waals surface area contributed by atoms with E-state index in [2.05, 4.69) is 29.7 Å². The van der Waals surface area contributed by atoms with E-state index in [0.717, 1.165) is 28.1 Å². The summed E-state index contributed by atoms with van der Waals surface area (Å²) in [6.45, 7) is 7.96. The second-order valence-corrected chi connectivity index (χ2v) is 7.01. The van der Waals surface area contributed by atoms with Gasteiger partial charge in [0.05, 0.1) is 18.3 Å². The van der Waals surface area contributed by atoms with E-state index in [1.54, 1.807) is 6.26 Å². The molecule has 0 aliphatic rings. The Bertz CT molecular complexity index is 878. The highest BCUT2D eigenvalue weighted by molar-refractivity contribution is 5.96. The fourth-order valence-corrected chi connectivity index (χ4v) is 3.38. The molecule has 2 aromatic carbocycles. The maximum atomic E-state index is 12.8. The lowest BCUT2D eigenvalue weighted by Gasteiger charge is -2.23. The van der Waals surface area contributed by atoms with E-state index in [9.17, 15) is 4.79 Å². The summed E-state index contributed by atoms with van der Waals surface area (Å²) in [5, 5.41) is 6.48. The van der Waals surface area contributed by atoms with E-state index in [1.165, 1.54) is 5.56 Å². The molecular weight excluding hydrogens is 336 g/mol. The molecule has 0 fully saturated rings.